The Bertz CT molecular complexity index is 596. The summed E-state index contributed by atoms with van der Waals surface area (Å²) in [7, 11) is 0. The summed E-state index contributed by atoms with van der Waals surface area (Å²) in [5, 5.41) is 7.30. The molecule has 0 bridgehead atoms. The van der Waals surface area contributed by atoms with Crippen molar-refractivity contribution in [2.24, 2.45) is 5.73 Å². The van der Waals surface area contributed by atoms with E-state index in [1.807, 2.05) is 13.0 Å². The minimum absolute atomic E-state index is 0.0167. The molecule has 0 aliphatic rings. The predicted octanol–water partition coefficient (Wildman–Crippen LogP) is 2.07. The fourth-order valence-corrected chi connectivity index (χ4v) is 2.03. The van der Waals surface area contributed by atoms with Crippen molar-refractivity contribution in [1.29, 1.82) is 0 Å². The van der Waals surface area contributed by atoms with Crippen molar-refractivity contribution in [3.63, 3.8) is 0 Å². The first kappa shape index (κ1) is 14.0. The number of rotatable bonds is 6. The lowest BCUT2D eigenvalue weighted by Gasteiger charge is -2.17. The molecule has 1 unspecified atom stereocenters. The molecule has 0 radical (unpaired) electrons. The van der Waals surface area contributed by atoms with E-state index in [1.54, 1.807) is 18.5 Å². The van der Waals surface area contributed by atoms with Crippen LogP contribution in [0, 0.1) is 5.82 Å². The SMILES string of the molecule is CCC(Nc1cnn(CC(N)=O)c1)c1cccc(F)c1. The van der Waals surface area contributed by atoms with E-state index in [0.29, 0.717) is 0 Å². The highest BCUT2D eigenvalue weighted by Gasteiger charge is 2.11. The van der Waals surface area contributed by atoms with Crippen molar-refractivity contribution in [3.8, 4) is 0 Å². The number of halogens is 1. The molecule has 106 valence electrons. The third-order valence-electron chi connectivity index (χ3n) is 2.95. The number of carbonyl (C=O) groups excluding carboxylic acids is 1. The van der Waals surface area contributed by atoms with E-state index in [0.717, 1.165) is 17.7 Å². The third-order valence-corrected chi connectivity index (χ3v) is 2.95. The van der Waals surface area contributed by atoms with Gasteiger partial charge in [0, 0.05) is 6.20 Å². The predicted molar refractivity (Wildman–Crippen MR) is 74.5 cm³/mol. The second-order valence-corrected chi connectivity index (χ2v) is 4.55. The molecule has 6 heteroatoms. The summed E-state index contributed by atoms with van der Waals surface area (Å²) in [6, 6.07) is 6.47. The van der Waals surface area contributed by atoms with Crippen LogP contribution in [0.5, 0.6) is 0 Å². The number of anilines is 1. The number of nitrogens with one attached hydrogen (secondary N) is 1. The zero-order valence-corrected chi connectivity index (χ0v) is 11.2. The molecule has 5 nitrogen and oxygen atoms in total. The van der Waals surface area contributed by atoms with Crippen LogP contribution in [0.4, 0.5) is 10.1 Å². The number of hydrogen-bond acceptors (Lipinski definition) is 3. The molecule has 0 saturated heterocycles. The average Bonchev–Trinajstić information content (AvgIpc) is 2.82. The van der Waals surface area contributed by atoms with Gasteiger partial charge < -0.3 is 11.1 Å². The van der Waals surface area contributed by atoms with Crippen LogP contribution in [-0.2, 0) is 11.3 Å². The van der Waals surface area contributed by atoms with Crippen LogP contribution in [0.3, 0.4) is 0 Å². The Morgan fingerprint density at radius 3 is 3.00 bits per heavy atom. The summed E-state index contributed by atoms with van der Waals surface area (Å²) in [6.07, 6.45) is 4.11. The molecule has 0 fully saturated rings. The molecule has 0 saturated carbocycles. The van der Waals surface area contributed by atoms with Gasteiger partial charge in [-0.3, -0.25) is 9.48 Å². The molecule has 1 aromatic heterocycles. The van der Waals surface area contributed by atoms with Gasteiger partial charge >= 0.3 is 0 Å². The molecular weight excluding hydrogens is 259 g/mol. The van der Waals surface area contributed by atoms with Gasteiger partial charge in [-0.05, 0) is 24.1 Å². The number of carbonyl (C=O) groups is 1. The molecule has 1 atom stereocenters. The summed E-state index contributed by atoms with van der Waals surface area (Å²) in [5.74, 6) is -0.705. The zero-order valence-electron chi connectivity index (χ0n) is 11.2. The van der Waals surface area contributed by atoms with E-state index < -0.39 is 5.91 Å². The lowest BCUT2D eigenvalue weighted by Crippen LogP contribution is -2.18. The number of hydrogen-bond donors (Lipinski definition) is 2. The fraction of sp³-hybridized carbons (Fsp3) is 0.286. The Balaban J connectivity index is 2.10. The van der Waals surface area contributed by atoms with Gasteiger partial charge in [0.25, 0.3) is 0 Å². The van der Waals surface area contributed by atoms with Crippen molar-refractivity contribution in [2.75, 3.05) is 5.32 Å². The molecular formula is C14H17FN4O. The number of nitrogens with two attached hydrogens (primary N) is 1. The molecule has 2 aromatic rings. The molecule has 3 N–H and O–H groups in total. The molecule has 20 heavy (non-hydrogen) atoms. The topological polar surface area (TPSA) is 72.9 Å². The molecule has 0 spiro atoms. The number of amides is 1. The first-order chi connectivity index (χ1) is 9.58. The first-order valence-electron chi connectivity index (χ1n) is 6.41. The normalized spacial score (nSPS) is 12.1. The largest absolute Gasteiger partial charge is 0.376 e. The molecule has 0 aliphatic carbocycles. The maximum absolute atomic E-state index is 13.3. The first-order valence-corrected chi connectivity index (χ1v) is 6.41. The van der Waals surface area contributed by atoms with Crippen LogP contribution in [0.25, 0.3) is 0 Å². The van der Waals surface area contributed by atoms with E-state index >= 15 is 0 Å². The molecule has 0 aliphatic heterocycles. The fourth-order valence-electron chi connectivity index (χ4n) is 2.03. The van der Waals surface area contributed by atoms with Gasteiger partial charge in [-0.25, -0.2) is 4.39 Å². The van der Waals surface area contributed by atoms with Gasteiger partial charge in [0.2, 0.25) is 5.91 Å². The summed E-state index contributed by atoms with van der Waals surface area (Å²) < 4.78 is 14.7. The summed E-state index contributed by atoms with van der Waals surface area (Å²) in [5.41, 5.74) is 6.74. The van der Waals surface area contributed by atoms with Gasteiger partial charge in [-0.1, -0.05) is 19.1 Å². The lowest BCUT2D eigenvalue weighted by molar-refractivity contribution is -0.118. The Morgan fingerprint density at radius 2 is 2.35 bits per heavy atom. The summed E-state index contributed by atoms with van der Waals surface area (Å²) in [4.78, 5) is 10.8. The van der Waals surface area contributed by atoms with E-state index in [2.05, 4.69) is 10.4 Å². The Morgan fingerprint density at radius 1 is 1.55 bits per heavy atom. The van der Waals surface area contributed by atoms with E-state index in [1.165, 1.54) is 16.8 Å². The van der Waals surface area contributed by atoms with Gasteiger partial charge in [0.15, 0.2) is 0 Å². The minimum Gasteiger partial charge on any atom is -0.376 e. The van der Waals surface area contributed by atoms with Gasteiger partial charge in [-0.15, -0.1) is 0 Å². The number of aromatic nitrogens is 2. The van der Waals surface area contributed by atoms with Crippen molar-refractivity contribution >= 4 is 11.6 Å². The van der Waals surface area contributed by atoms with Gasteiger partial charge in [-0.2, -0.15) is 5.10 Å². The van der Waals surface area contributed by atoms with Crippen LogP contribution in [0.2, 0.25) is 0 Å². The van der Waals surface area contributed by atoms with Crippen molar-refractivity contribution in [2.45, 2.75) is 25.9 Å². The van der Waals surface area contributed by atoms with Crippen molar-refractivity contribution in [1.82, 2.24) is 9.78 Å². The minimum atomic E-state index is -0.447. The molecule has 1 aromatic carbocycles. The van der Waals surface area contributed by atoms with Gasteiger partial charge in [0.1, 0.15) is 12.4 Å². The highest BCUT2D eigenvalue weighted by molar-refractivity contribution is 5.73. The Kier molecular flexibility index (Phi) is 4.34. The molecule has 2 rings (SSSR count). The average molecular weight is 276 g/mol. The standard InChI is InChI=1S/C14H17FN4O/c1-2-13(10-4-3-5-11(15)6-10)18-12-7-17-19(8-12)9-14(16)20/h3-8,13,18H,2,9H2,1H3,(H2,16,20). The number of nitrogens with zero attached hydrogens (tertiary/aromatic N) is 2. The van der Waals surface area contributed by atoms with Gasteiger partial charge in [0.05, 0.1) is 17.9 Å². The third kappa shape index (κ3) is 3.57. The number of benzene rings is 1. The lowest BCUT2D eigenvalue weighted by atomic mass is 10.0. The quantitative estimate of drug-likeness (QED) is 0.848. The molecule has 1 heterocycles. The second kappa shape index (κ2) is 6.18. The summed E-state index contributed by atoms with van der Waals surface area (Å²) in [6.45, 7) is 2.05. The summed E-state index contributed by atoms with van der Waals surface area (Å²) >= 11 is 0. The maximum atomic E-state index is 13.3. The monoisotopic (exact) mass is 276 g/mol. The van der Waals surface area contributed by atoms with Crippen molar-refractivity contribution in [3.05, 3.63) is 48.0 Å². The molecule has 1 amide bonds. The smallest absolute Gasteiger partial charge is 0.239 e. The maximum Gasteiger partial charge on any atom is 0.239 e. The van der Waals surface area contributed by atoms with E-state index in [9.17, 15) is 9.18 Å². The second-order valence-electron chi connectivity index (χ2n) is 4.55. The van der Waals surface area contributed by atoms with E-state index in [-0.39, 0.29) is 18.4 Å². The Labute approximate surface area is 116 Å². The van der Waals surface area contributed by atoms with Crippen molar-refractivity contribution < 1.29 is 9.18 Å². The van der Waals surface area contributed by atoms with Crippen LogP contribution in [0.1, 0.15) is 24.9 Å². The van der Waals surface area contributed by atoms with Crippen LogP contribution in [-0.4, -0.2) is 15.7 Å². The highest BCUT2D eigenvalue weighted by atomic mass is 19.1. The van der Waals surface area contributed by atoms with Crippen LogP contribution < -0.4 is 11.1 Å². The van der Waals surface area contributed by atoms with Crippen LogP contribution in [0.15, 0.2) is 36.7 Å². The van der Waals surface area contributed by atoms with E-state index in [4.69, 9.17) is 5.73 Å². The number of primary amides is 1. The zero-order chi connectivity index (χ0) is 14.5. The van der Waals surface area contributed by atoms with Crippen LogP contribution >= 0.6 is 0 Å². The highest BCUT2D eigenvalue weighted by Crippen LogP contribution is 2.22. The Hall–Kier alpha value is -2.37.